The van der Waals surface area contributed by atoms with Crippen LogP contribution in [0.2, 0.25) is 0 Å². The highest BCUT2D eigenvalue weighted by atomic mass is 16.1. The first kappa shape index (κ1) is 11.9. The number of nitrogens with two attached hydrogens (primary N) is 1. The van der Waals surface area contributed by atoms with Gasteiger partial charge in [-0.3, -0.25) is 4.79 Å². The van der Waals surface area contributed by atoms with E-state index in [1.165, 1.54) is 25.7 Å². The number of carbonyl (C=O) groups excluding carboxylic acids is 1. The van der Waals surface area contributed by atoms with Gasteiger partial charge in [-0.05, 0) is 38.6 Å². The third kappa shape index (κ3) is 2.55. The summed E-state index contributed by atoms with van der Waals surface area (Å²) in [6.45, 7) is 1.30. The summed E-state index contributed by atoms with van der Waals surface area (Å²) in [6, 6.07) is 1.52. The highest BCUT2D eigenvalue weighted by Gasteiger charge is 2.38. The van der Waals surface area contributed by atoms with Crippen LogP contribution in [0.25, 0.3) is 0 Å². The molecular weight excluding hydrogens is 202 g/mol. The van der Waals surface area contributed by atoms with Gasteiger partial charge in [-0.15, -0.1) is 0 Å². The van der Waals surface area contributed by atoms with Crippen LogP contribution in [-0.4, -0.2) is 43.0 Å². The number of hydrogen-bond donors (Lipinski definition) is 2. The lowest BCUT2D eigenvalue weighted by Crippen LogP contribution is -2.43. The van der Waals surface area contributed by atoms with E-state index in [0.29, 0.717) is 18.9 Å². The standard InChI is InChI=1S/C12H23N3O/c1-15-10-2-3-11(15)7-9(6-10)8-14-12(16)4-5-13/h9-11H,2-8,13H2,1H3,(H,14,16). The van der Waals surface area contributed by atoms with Crippen molar-refractivity contribution in [1.29, 1.82) is 0 Å². The summed E-state index contributed by atoms with van der Waals surface area (Å²) >= 11 is 0. The average molecular weight is 225 g/mol. The summed E-state index contributed by atoms with van der Waals surface area (Å²) in [5.41, 5.74) is 5.34. The molecule has 2 bridgehead atoms. The van der Waals surface area contributed by atoms with Gasteiger partial charge < -0.3 is 16.0 Å². The molecule has 0 saturated carbocycles. The summed E-state index contributed by atoms with van der Waals surface area (Å²) in [5.74, 6) is 0.782. The Hall–Kier alpha value is -0.610. The van der Waals surface area contributed by atoms with Crippen LogP contribution >= 0.6 is 0 Å². The SMILES string of the molecule is CN1C2CCC1CC(CNC(=O)CCN)C2. The Bertz CT molecular complexity index is 243. The van der Waals surface area contributed by atoms with Gasteiger partial charge >= 0.3 is 0 Å². The minimum atomic E-state index is 0.105. The van der Waals surface area contributed by atoms with Crippen molar-refractivity contribution in [3.05, 3.63) is 0 Å². The number of nitrogens with zero attached hydrogens (tertiary/aromatic N) is 1. The molecule has 2 aliphatic heterocycles. The second kappa shape index (κ2) is 5.15. The van der Waals surface area contributed by atoms with Gasteiger partial charge in [0.2, 0.25) is 5.91 Å². The maximum Gasteiger partial charge on any atom is 0.221 e. The number of piperidine rings is 1. The Morgan fingerprint density at radius 2 is 2.00 bits per heavy atom. The third-order valence-corrected chi connectivity index (χ3v) is 4.16. The molecule has 0 spiro atoms. The molecule has 2 heterocycles. The molecule has 0 aromatic carbocycles. The van der Waals surface area contributed by atoms with Crippen molar-refractivity contribution >= 4 is 5.91 Å². The molecule has 2 atom stereocenters. The van der Waals surface area contributed by atoms with Crippen molar-refractivity contribution in [3.63, 3.8) is 0 Å². The van der Waals surface area contributed by atoms with Gasteiger partial charge in [0.1, 0.15) is 0 Å². The van der Waals surface area contributed by atoms with Crippen LogP contribution in [0, 0.1) is 5.92 Å². The molecule has 0 aromatic heterocycles. The quantitative estimate of drug-likeness (QED) is 0.724. The van der Waals surface area contributed by atoms with Crippen molar-refractivity contribution < 1.29 is 4.79 Å². The molecule has 2 rings (SSSR count). The van der Waals surface area contributed by atoms with Gasteiger partial charge in [0, 0.05) is 31.6 Å². The van der Waals surface area contributed by atoms with Crippen LogP contribution in [0.3, 0.4) is 0 Å². The van der Waals surface area contributed by atoms with Crippen LogP contribution < -0.4 is 11.1 Å². The van der Waals surface area contributed by atoms with E-state index in [1.54, 1.807) is 0 Å². The number of fused-ring (bicyclic) bond motifs is 2. The first-order chi connectivity index (χ1) is 7.70. The minimum Gasteiger partial charge on any atom is -0.356 e. The summed E-state index contributed by atoms with van der Waals surface area (Å²) in [7, 11) is 2.24. The fourth-order valence-corrected chi connectivity index (χ4v) is 3.17. The topological polar surface area (TPSA) is 58.4 Å². The Balaban J connectivity index is 1.74. The lowest BCUT2D eigenvalue weighted by Gasteiger charge is -2.36. The molecule has 1 amide bonds. The average Bonchev–Trinajstić information content (AvgIpc) is 2.52. The molecular formula is C12H23N3O. The molecule has 4 nitrogen and oxygen atoms in total. The van der Waals surface area contributed by atoms with Gasteiger partial charge in [0.25, 0.3) is 0 Å². The fraction of sp³-hybridized carbons (Fsp3) is 0.917. The van der Waals surface area contributed by atoms with E-state index in [9.17, 15) is 4.79 Å². The highest BCUT2D eigenvalue weighted by Crippen LogP contribution is 2.36. The molecule has 4 heteroatoms. The zero-order valence-corrected chi connectivity index (χ0v) is 10.1. The number of rotatable bonds is 4. The predicted molar refractivity (Wildman–Crippen MR) is 64.0 cm³/mol. The van der Waals surface area contributed by atoms with Crippen molar-refractivity contribution in [2.24, 2.45) is 11.7 Å². The summed E-state index contributed by atoms with van der Waals surface area (Å²) in [4.78, 5) is 13.9. The zero-order chi connectivity index (χ0) is 11.5. The maximum atomic E-state index is 11.3. The Morgan fingerprint density at radius 1 is 1.38 bits per heavy atom. The smallest absolute Gasteiger partial charge is 0.221 e. The molecule has 0 aromatic rings. The monoisotopic (exact) mass is 225 g/mol. The molecule has 0 radical (unpaired) electrons. The van der Waals surface area contributed by atoms with E-state index in [1.807, 2.05) is 0 Å². The van der Waals surface area contributed by atoms with Gasteiger partial charge in [0.15, 0.2) is 0 Å². The first-order valence-electron chi connectivity index (χ1n) is 6.39. The van der Waals surface area contributed by atoms with Gasteiger partial charge in [0.05, 0.1) is 0 Å². The minimum absolute atomic E-state index is 0.105. The largest absolute Gasteiger partial charge is 0.356 e. The summed E-state index contributed by atoms with van der Waals surface area (Å²) in [6.07, 6.45) is 5.63. The second-order valence-electron chi connectivity index (χ2n) is 5.23. The molecule has 16 heavy (non-hydrogen) atoms. The van der Waals surface area contributed by atoms with E-state index in [0.717, 1.165) is 18.6 Å². The van der Waals surface area contributed by atoms with Crippen LogP contribution in [0.5, 0.6) is 0 Å². The van der Waals surface area contributed by atoms with Crippen LogP contribution in [-0.2, 0) is 4.79 Å². The molecule has 3 N–H and O–H groups in total. The predicted octanol–water partition coefficient (Wildman–Crippen LogP) is 0.324. The number of hydrogen-bond acceptors (Lipinski definition) is 3. The highest BCUT2D eigenvalue weighted by molar-refractivity contribution is 5.75. The van der Waals surface area contributed by atoms with Crippen molar-refractivity contribution in [3.8, 4) is 0 Å². The van der Waals surface area contributed by atoms with Crippen LogP contribution in [0.15, 0.2) is 0 Å². The van der Waals surface area contributed by atoms with Crippen molar-refractivity contribution in [2.45, 2.75) is 44.2 Å². The molecule has 2 unspecified atom stereocenters. The van der Waals surface area contributed by atoms with Gasteiger partial charge in [-0.25, -0.2) is 0 Å². The van der Waals surface area contributed by atoms with E-state index in [2.05, 4.69) is 17.3 Å². The fourth-order valence-electron chi connectivity index (χ4n) is 3.17. The first-order valence-corrected chi connectivity index (χ1v) is 6.39. The summed E-state index contributed by atoms with van der Waals surface area (Å²) in [5, 5.41) is 3.00. The lowest BCUT2D eigenvalue weighted by molar-refractivity contribution is -0.121. The zero-order valence-electron chi connectivity index (χ0n) is 10.1. The second-order valence-corrected chi connectivity index (χ2v) is 5.23. The third-order valence-electron chi connectivity index (χ3n) is 4.16. The van der Waals surface area contributed by atoms with E-state index >= 15 is 0 Å². The molecule has 2 saturated heterocycles. The Kier molecular flexibility index (Phi) is 3.82. The van der Waals surface area contributed by atoms with E-state index < -0.39 is 0 Å². The number of carbonyl (C=O) groups is 1. The lowest BCUT2D eigenvalue weighted by atomic mass is 9.91. The van der Waals surface area contributed by atoms with Crippen molar-refractivity contribution in [2.75, 3.05) is 20.1 Å². The maximum absolute atomic E-state index is 11.3. The van der Waals surface area contributed by atoms with Crippen LogP contribution in [0.4, 0.5) is 0 Å². The summed E-state index contributed by atoms with van der Waals surface area (Å²) < 4.78 is 0. The number of nitrogens with one attached hydrogen (secondary N) is 1. The molecule has 2 fully saturated rings. The van der Waals surface area contributed by atoms with Gasteiger partial charge in [-0.2, -0.15) is 0 Å². The Labute approximate surface area is 97.6 Å². The van der Waals surface area contributed by atoms with Crippen LogP contribution in [0.1, 0.15) is 32.1 Å². The normalized spacial score (nSPS) is 34.0. The Morgan fingerprint density at radius 3 is 2.56 bits per heavy atom. The molecule has 2 aliphatic rings. The molecule has 0 aliphatic carbocycles. The van der Waals surface area contributed by atoms with E-state index in [-0.39, 0.29) is 5.91 Å². The van der Waals surface area contributed by atoms with E-state index in [4.69, 9.17) is 5.73 Å². The molecule has 92 valence electrons. The number of amides is 1. The van der Waals surface area contributed by atoms with Gasteiger partial charge in [-0.1, -0.05) is 0 Å². The van der Waals surface area contributed by atoms with Crippen molar-refractivity contribution in [1.82, 2.24) is 10.2 Å².